The Balaban J connectivity index is 1.59. The van der Waals surface area contributed by atoms with Crippen molar-refractivity contribution in [1.82, 2.24) is 10.2 Å². The normalized spacial score (nSPS) is 22.2. The van der Waals surface area contributed by atoms with Crippen molar-refractivity contribution < 1.29 is 0 Å². The molecule has 0 amide bonds. The molecule has 1 aliphatic heterocycles. The van der Waals surface area contributed by atoms with Gasteiger partial charge in [-0.3, -0.25) is 4.90 Å². The van der Waals surface area contributed by atoms with Crippen molar-refractivity contribution in [3.05, 3.63) is 54.1 Å². The zero-order chi connectivity index (χ0) is 15.6. The largest absolute Gasteiger partial charge is 0.398 e. The van der Waals surface area contributed by atoms with Crippen molar-refractivity contribution >= 4 is 5.69 Å². The van der Waals surface area contributed by atoms with E-state index in [9.17, 15) is 0 Å². The lowest BCUT2D eigenvalue weighted by atomic mass is 9.99. The molecule has 1 saturated carbocycles. The van der Waals surface area contributed by atoms with Crippen molar-refractivity contribution in [2.24, 2.45) is 5.92 Å². The molecule has 1 saturated heterocycles. The molecule has 2 aliphatic rings. The fourth-order valence-corrected chi connectivity index (χ4v) is 3.75. The van der Waals surface area contributed by atoms with Crippen LogP contribution in [-0.4, -0.2) is 30.6 Å². The van der Waals surface area contributed by atoms with Gasteiger partial charge in [0.05, 0.1) is 0 Å². The Morgan fingerprint density at radius 3 is 2.65 bits per heavy atom. The molecule has 2 aromatic rings. The molecule has 0 bridgehead atoms. The SMILES string of the molecule is Nc1c(CN2CCNCC2C2CC2)cccc1-c1ccccc1. The summed E-state index contributed by atoms with van der Waals surface area (Å²) in [4.78, 5) is 2.63. The van der Waals surface area contributed by atoms with Crippen molar-refractivity contribution in [3.63, 3.8) is 0 Å². The smallest absolute Gasteiger partial charge is 0.0439 e. The molecule has 2 aromatic carbocycles. The molecule has 23 heavy (non-hydrogen) atoms. The number of rotatable bonds is 4. The van der Waals surface area contributed by atoms with Gasteiger partial charge in [-0.2, -0.15) is 0 Å². The number of nitrogen functional groups attached to an aromatic ring is 1. The standard InChI is InChI=1S/C20H25N3/c21-20-17(7-4-8-18(20)15-5-2-1-3-6-15)14-23-12-11-22-13-19(23)16-9-10-16/h1-8,16,19,22H,9-14,21H2. The molecule has 0 spiro atoms. The van der Waals surface area contributed by atoms with Gasteiger partial charge in [0.2, 0.25) is 0 Å². The monoisotopic (exact) mass is 307 g/mol. The maximum absolute atomic E-state index is 6.53. The minimum absolute atomic E-state index is 0.684. The third-order valence-electron chi connectivity index (χ3n) is 5.22. The number of nitrogens with one attached hydrogen (secondary N) is 1. The number of anilines is 1. The van der Waals surface area contributed by atoms with Crippen molar-refractivity contribution in [2.45, 2.75) is 25.4 Å². The summed E-state index contributed by atoms with van der Waals surface area (Å²) in [5, 5.41) is 3.55. The van der Waals surface area contributed by atoms with E-state index < -0.39 is 0 Å². The van der Waals surface area contributed by atoms with Crippen molar-refractivity contribution in [2.75, 3.05) is 25.4 Å². The average molecular weight is 307 g/mol. The maximum atomic E-state index is 6.53. The van der Waals surface area contributed by atoms with Gasteiger partial charge in [-0.05, 0) is 29.9 Å². The summed E-state index contributed by atoms with van der Waals surface area (Å²) in [7, 11) is 0. The fourth-order valence-electron chi connectivity index (χ4n) is 3.75. The van der Waals surface area contributed by atoms with Crippen LogP contribution in [-0.2, 0) is 6.54 Å². The topological polar surface area (TPSA) is 41.3 Å². The third kappa shape index (κ3) is 3.12. The molecule has 2 fully saturated rings. The van der Waals surface area contributed by atoms with E-state index >= 15 is 0 Å². The van der Waals surface area contributed by atoms with Crippen LogP contribution in [0.4, 0.5) is 5.69 Å². The first-order chi connectivity index (χ1) is 11.3. The Hall–Kier alpha value is -1.84. The van der Waals surface area contributed by atoms with Crippen LogP contribution in [0.2, 0.25) is 0 Å². The van der Waals surface area contributed by atoms with Crippen LogP contribution in [0.1, 0.15) is 18.4 Å². The van der Waals surface area contributed by atoms with Gasteiger partial charge >= 0.3 is 0 Å². The molecule has 120 valence electrons. The molecule has 3 N–H and O–H groups in total. The van der Waals surface area contributed by atoms with E-state index in [0.717, 1.165) is 43.3 Å². The molecular formula is C20H25N3. The molecule has 1 aliphatic carbocycles. The van der Waals surface area contributed by atoms with E-state index in [2.05, 4.69) is 52.7 Å². The van der Waals surface area contributed by atoms with E-state index in [4.69, 9.17) is 5.73 Å². The lowest BCUT2D eigenvalue weighted by molar-refractivity contribution is 0.136. The second kappa shape index (κ2) is 6.34. The Bertz CT molecular complexity index is 664. The molecule has 3 nitrogen and oxygen atoms in total. The van der Waals surface area contributed by atoms with Gasteiger partial charge in [0.1, 0.15) is 0 Å². The number of para-hydroxylation sites is 1. The molecule has 1 heterocycles. The second-order valence-corrected chi connectivity index (χ2v) is 6.82. The first kappa shape index (κ1) is 14.7. The van der Waals surface area contributed by atoms with Crippen LogP contribution in [0, 0.1) is 5.92 Å². The fraction of sp³-hybridized carbons (Fsp3) is 0.400. The van der Waals surface area contributed by atoms with Crippen LogP contribution < -0.4 is 11.1 Å². The molecule has 0 aromatic heterocycles. The summed E-state index contributed by atoms with van der Waals surface area (Å²) < 4.78 is 0. The lowest BCUT2D eigenvalue weighted by Crippen LogP contribution is -2.51. The Labute approximate surface area is 138 Å². The van der Waals surface area contributed by atoms with Gasteiger partial charge in [-0.25, -0.2) is 0 Å². The van der Waals surface area contributed by atoms with Crippen LogP contribution in [0.15, 0.2) is 48.5 Å². The lowest BCUT2D eigenvalue weighted by Gasteiger charge is -2.36. The summed E-state index contributed by atoms with van der Waals surface area (Å²) in [6, 6.07) is 17.6. The quantitative estimate of drug-likeness (QED) is 0.853. The molecular weight excluding hydrogens is 282 g/mol. The molecule has 3 heteroatoms. The highest BCUT2D eigenvalue weighted by molar-refractivity contribution is 5.78. The van der Waals surface area contributed by atoms with E-state index in [1.807, 2.05) is 6.07 Å². The molecule has 4 rings (SSSR count). The Morgan fingerprint density at radius 2 is 1.87 bits per heavy atom. The Kier molecular flexibility index (Phi) is 4.06. The number of benzene rings is 2. The number of hydrogen-bond acceptors (Lipinski definition) is 3. The first-order valence-corrected chi connectivity index (χ1v) is 8.70. The van der Waals surface area contributed by atoms with Gasteiger partial charge in [0.25, 0.3) is 0 Å². The summed E-state index contributed by atoms with van der Waals surface area (Å²) in [5.74, 6) is 0.890. The van der Waals surface area contributed by atoms with Crippen LogP contribution >= 0.6 is 0 Å². The summed E-state index contributed by atoms with van der Waals surface area (Å²) in [6.07, 6.45) is 2.78. The number of nitrogens with two attached hydrogens (primary N) is 1. The first-order valence-electron chi connectivity index (χ1n) is 8.70. The number of hydrogen-bond donors (Lipinski definition) is 2. The number of nitrogens with zero attached hydrogens (tertiary/aromatic N) is 1. The van der Waals surface area contributed by atoms with Crippen molar-refractivity contribution in [1.29, 1.82) is 0 Å². The zero-order valence-electron chi connectivity index (χ0n) is 13.5. The van der Waals surface area contributed by atoms with Gasteiger partial charge in [-0.1, -0.05) is 48.5 Å². The highest BCUT2D eigenvalue weighted by atomic mass is 15.2. The molecule has 1 unspecified atom stereocenters. The summed E-state index contributed by atoms with van der Waals surface area (Å²) >= 11 is 0. The minimum atomic E-state index is 0.684. The third-order valence-corrected chi connectivity index (χ3v) is 5.22. The van der Waals surface area contributed by atoms with E-state index in [1.54, 1.807) is 0 Å². The van der Waals surface area contributed by atoms with E-state index in [0.29, 0.717) is 6.04 Å². The van der Waals surface area contributed by atoms with Gasteiger partial charge in [0, 0.05) is 43.5 Å². The van der Waals surface area contributed by atoms with Crippen LogP contribution in [0.3, 0.4) is 0 Å². The van der Waals surface area contributed by atoms with Gasteiger partial charge in [0.15, 0.2) is 0 Å². The van der Waals surface area contributed by atoms with Crippen molar-refractivity contribution in [3.8, 4) is 11.1 Å². The van der Waals surface area contributed by atoms with E-state index in [1.165, 1.54) is 24.0 Å². The van der Waals surface area contributed by atoms with Crippen LogP contribution in [0.25, 0.3) is 11.1 Å². The molecule has 0 radical (unpaired) electrons. The summed E-state index contributed by atoms with van der Waals surface area (Å²) in [5.41, 5.74) is 11.1. The zero-order valence-corrected chi connectivity index (χ0v) is 13.5. The molecule has 1 atom stereocenters. The summed E-state index contributed by atoms with van der Waals surface area (Å²) in [6.45, 7) is 4.30. The Morgan fingerprint density at radius 1 is 1.04 bits per heavy atom. The van der Waals surface area contributed by atoms with Gasteiger partial charge < -0.3 is 11.1 Å². The predicted octanol–water partition coefficient (Wildman–Crippen LogP) is 3.12. The van der Waals surface area contributed by atoms with Gasteiger partial charge in [-0.15, -0.1) is 0 Å². The maximum Gasteiger partial charge on any atom is 0.0439 e. The second-order valence-electron chi connectivity index (χ2n) is 6.82. The van der Waals surface area contributed by atoms with E-state index in [-0.39, 0.29) is 0 Å². The van der Waals surface area contributed by atoms with Crippen LogP contribution in [0.5, 0.6) is 0 Å². The predicted molar refractivity (Wildman–Crippen MR) is 96.1 cm³/mol. The number of piperazine rings is 1. The highest BCUT2D eigenvalue weighted by Crippen LogP contribution is 2.37. The average Bonchev–Trinajstić information content (AvgIpc) is 3.43. The highest BCUT2D eigenvalue weighted by Gasteiger charge is 2.36. The minimum Gasteiger partial charge on any atom is -0.398 e.